The zero-order valence-corrected chi connectivity index (χ0v) is 20.4. The molecule has 1 unspecified atom stereocenters. The lowest BCUT2D eigenvalue weighted by Gasteiger charge is -2.35. The van der Waals surface area contributed by atoms with Crippen LogP contribution in [0.25, 0.3) is 11.3 Å². The highest BCUT2D eigenvalue weighted by atomic mass is 19.4. The van der Waals surface area contributed by atoms with Gasteiger partial charge in [-0.25, -0.2) is 14.8 Å². The summed E-state index contributed by atoms with van der Waals surface area (Å²) in [5.41, 5.74) is 1.46. The van der Waals surface area contributed by atoms with Crippen LogP contribution in [0.1, 0.15) is 18.1 Å². The number of alkyl halides is 6. The average Bonchev–Trinajstić information content (AvgIpc) is 2.86. The summed E-state index contributed by atoms with van der Waals surface area (Å²) in [6.07, 6.45) is -10.2. The summed E-state index contributed by atoms with van der Waals surface area (Å²) in [6.45, 7) is 4.31. The summed E-state index contributed by atoms with van der Waals surface area (Å²) in [5, 5.41) is 10.4. The number of nitrogens with zero attached hydrogens (tertiary/aromatic N) is 4. The molecule has 11 nitrogen and oxygen atoms in total. The molecule has 1 aromatic heterocycles. The number of amides is 2. The quantitative estimate of drug-likeness (QED) is 0.372. The normalized spacial score (nSPS) is 15.9. The van der Waals surface area contributed by atoms with E-state index in [4.69, 9.17) is 5.73 Å². The van der Waals surface area contributed by atoms with E-state index in [2.05, 4.69) is 14.8 Å². The van der Waals surface area contributed by atoms with Crippen LogP contribution in [0.5, 0.6) is 0 Å². The van der Waals surface area contributed by atoms with Gasteiger partial charge in [0.25, 0.3) is 11.5 Å². The lowest BCUT2D eigenvalue weighted by atomic mass is 9.89. The molecule has 0 spiro atoms. The highest BCUT2D eigenvalue weighted by molar-refractivity contribution is 5.88. The molecule has 2 amide bonds. The fourth-order valence-electron chi connectivity index (χ4n) is 3.76. The van der Waals surface area contributed by atoms with Gasteiger partial charge < -0.3 is 25.5 Å². The fourth-order valence-corrected chi connectivity index (χ4v) is 3.76. The fraction of sp³-hybridized carbons (Fsp3) is 0.409. The number of halogens is 6. The number of nitrogens with two attached hydrogens (primary N) is 1. The number of hydrogen-bond donors (Lipinski definition) is 3. The molecule has 1 saturated heterocycles. The maximum atomic E-state index is 13.9. The Morgan fingerprint density at radius 2 is 1.69 bits per heavy atom. The van der Waals surface area contributed by atoms with Gasteiger partial charge in [-0.15, -0.1) is 0 Å². The Kier molecular flexibility index (Phi) is 7.95. The van der Waals surface area contributed by atoms with Crippen molar-refractivity contribution in [3.8, 4) is 11.3 Å². The molecular weight excluding hydrogens is 542 g/mol. The molecule has 1 atom stereocenters. The first-order chi connectivity index (χ1) is 18.0. The van der Waals surface area contributed by atoms with Crippen LogP contribution < -0.4 is 16.1 Å². The smallest absolute Gasteiger partial charge is 0.381 e. The standard InChI is InChI=1S/C22H22F6N6O5/c1-11-3-4-13(20(38,22(26,27)28)18(36)32-39-19(37)21(23,24)25)9-14(11)15-10-30-16(29)17(31-15)34-7-5-33(6-8-34)12(2)35/h3-4,9-10,38H,5-8H2,1-2H3,(H2,29,30)(H,32,36). The van der Waals surface area contributed by atoms with Crippen LogP contribution >= 0.6 is 0 Å². The topological polar surface area (TPSA) is 151 Å². The third kappa shape index (κ3) is 5.97. The van der Waals surface area contributed by atoms with Gasteiger partial charge in [0.2, 0.25) is 5.91 Å². The van der Waals surface area contributed by atoms with Crippen molar-refractivity contribution in [3.63, 3.8) is 0 Å². The van der Waals surface area contributed by atoms with Crippen LogP contribution in [0.15, 0.2) is 24.4 Å². The number of carbonyl (C=O) groups excluding carboxylic acids is 3. The monoisotopic (exact) mass is 564 g/mol. The lowest BCUT2D eigenvalue weighted by molar-refractivity contribution is -0.262. The molecule has 2 heterocycles. The van der Waals surface area contributed by atoms with Gasteiger partial charge in [0.05, 0.1) is 11.9 Å². The average molecular weight is 564 g/mol. The Morgan fingerprint density at radius 3 is 2.23 bits per heavy atom. The minimum atomic E-state index is -5.76. The van der Waals surface area contributed by atoms with Crippen LogP contribution in [-0.4, -0.2) is 76.3 Å². The summed E-state index contributed by atoms with van der Waals surface area (Å²) >= 11 is 0. The number of hydrogen-bond acceptors (Lipinski definition) is 9. The number of aliphatic hydroxyl groups is 1. The molecule has 0 radical (unpaired) electrons. The minimum Gasteiger partial charge on any atom is -0.381 e. The number of rotatable bonds is 4. The molecular formula is C22H22F6N6O5. The molecule has 212 valence electrons. The number of nitrogen functional groups attached to an aromatic ring is 1. The second-order valence-electron chi connectivity index (χ2n) is 8.51. The predicted octanol–water partition coefficient (Wildman–Crippen LogP) is 1.59. The van der Waals surface area contributed by atoms with Crippen molar-refractivity contribution in [3.05, 3.63) is 35.5 Å². The van der Waals surface area contributed by atoms with Crippen molar-refractivity contribution in [1.29, 1.82) is 0 Å². The highest BCUT2D eigenvalue weighted by Gasteiger charge is 2.61. The van der Waals surface area contributed by atoms with Gasteiger partial charge in [-0.1, -0.05) is 12.1 Å². The molecule has 2 aromatic rings. The van der Waals surface area contributed by atoms with Crippen LogP contribution in [0.4, 0.5) is 38.0 Å². The van der Waals surface area contributed by atoms with Gasteiger partial charge in [0, 0.05) is 44.2 Å². The lowest BCUT2D eigenvalue weighted by Crippen LogP contribution is -2.55. The van der Waals surface area contributed by atoms with E-state index in [0.717, 1.165) is 29.9 Å². The van der Waals surface area contributed by atoms with Crippen LogP contribution in [-0.2, 0) is 24.8 Å². The predicted molar refractivity (Wildman–Crippen MR) is 121 cm³/mol. The summed E-state index contributed by atoms with van der Waals surface area (Å²) in [6, 6.07) is 2.59. The molecule has 39 heavy (non-hydrogen) atoms. The van der Waals surface area contributed by atoms with E-state index in [-0.39, 0.29) is 28.8 Å². The molecule has 3 rings (SSSR count). The second-order valence-corrected chi connectivity index (χ2v) is 8.51. The van der Waals surface area contributed by atoms with Crippen LogP contribution in [0.3, 0.4) is 0 Å². The Balaban J connectivity index is 1.99. The molecule has 17 heteroatoms. The molecule has 0 aliphatic carbocycles. The molecule has 0 bridgehead atoms. The molecule has 1 aliphatic rings. The first-order valence-corrected chi connectivity index (χ1v) is 11.1. The number of anilines is 2. The van der Waals surface area contributed by atoms with Crippen LogP contribution in [0.2, 0.25) is 0 Å². The summed E-state index contributed by atoms with van der Waals surface area (Å²) in [4.78, 5) is 49.8. The van der Waals surface area contributed by atoms with E-state index >= 15 is 0 Å². The first kappa shape index (κ1) is 29.4. The second kappa shape index (κ2) is 10.5. The molecule has 1 aliphatic heterocycles. The van der Waals surface area contributed by atoms with Gasteiger partial charge in [-0.3, -0.25) is 9.59 Å². The zero-order chi connectivity index (χ0) is 29.3. The van der Waals surface area contributed by atoms with Crippen molar-refractivity contribution in [1.82, 2.24) is 20.3 Å². The molecule has 4 N–H and O–H groups in total. The summed E-state index contributed by atoms with van der Waals surface area (Å²) in [5.74, 6) is -5.43. The molecule has 0 saturated carbocycles. The zero-order valence-electron chi connectivity index (χ0n) is 20.4. The van der Waals surface area contributed by atoms with Crippen molar-refractivity contribution in [2.75, 3.05) is 36.8 Å². The van der Waals surface area contributed by atoms with Crippen molar-refractivity contribution >= 4 is 29.4 Å². The van der Waals surface area contributed by atoms with E-state index in [1.807, 2.05) is 0 Å². The summed E-state index contributed by atoms with van der Waals surface area (Å²) in [7, 11) is 0. The Morgan fingerprint density at radius 1 is 1.08 bits per heavy atom. The Hall–Kier alpha value is -4.15. The number of nitrogens with one attached hydrogen (secondary N) is 1. The van der Waals surface area contributed by atoms with Gasteiger partial charge in [-0.05, 0) is 18.6 Å². The third-order valence-corrected chi connectivity index (χ3v) is 5.94. The number of hydroxylamine groups is 1. The number of aryl methyl sites for hydroxylation is 1. The number of benzene rings is 1. The van der Waals surface area contributed by atoms with E-state index in [0.29, 0.717) is 31.7 Å². The number of aromatic nitrogens is 2. The highest BCUT2D eigenvalue weighted by Crippen LogP contribution is 2.41. The minimum absolute atomic E-state index is 0.000907. The van der Waals surface area contributed by atoms with Gasteiger partial charge in [-0.2, -0.15) is 31.8 Å². The summed E-state index contributed by atoms with van der Waals surface area (Å²) < 4.78 is 78.8. The molecule has 1 fully saturated rings. The van der Waals surface area contributed by atoms with Crippen LogP contribution in [0, 0.1) is 6.92 Å². The first-order valence-electron chi connectivity index (χ1n) is 11.1. The van der Waals surface area contributed by atoms with Crippen molar-refractivity contribution < 1.29 is 50.7 Å². The van der Waals surface area contributed by atoms with Crippen molar-refractivity contribution in [2.45, 2.75) is 31.8 Å². The Labute approximate surface area is 216 Å². The SMILES string of the molecule is CC(=O)N1CCN(c2nc(-c3cc(C(O)(C(=O)NOC(=O)C(F)(F)F)C(F)(F)F)ccc3C)cnc2N)CC1. The largest absolute Gasteiger partial charge is 0.493 e. The van der Waals surface area contributed by atoms with Crippen molar-refractivity contribution in [2.24, 2.45) is 0 Å². The maximum Gasteiger partial charge on any atom is 0.493 e. The Bertz CT molecular complexity index is 1280. The number of carbonyl (C=O) groups is 3. The molecule has 1 aromatic carbocycles. The number of piperazine rings is 1. The van der Waals surface area contributed by atoms with E-state index in [1.165, 1.54) is 13.8 Å². The van der Waals surface area contributed by atoms with E-state index < -0.39 is 35.4 Å². The van der Waals surface area contributed by atoms with E-state index in [9.17, 15) is 45.8 Å². The van der Waals surface area contributed by atoms with Gasteiger partial charge >= 0.3 is 18.3 Å². The third-order valence-electron chi connectivity index (χ3n) is 5.94. The maximum absolute atomic E-state index is 13.9. The van der Waals surface area contributed by atoms with Gasteiger partial charge in [0.1, 0.15) is 0 Å². The van der Waals surface area contributed by atoms with E-state index in [1.54, 1.807) is 9.80 Å². The van der Waals surface area contributed by atoms with Gasteiger partial charge in [0.15, 0.2) is 11.6 Å².